The molecule has 0 radical (unpaired) electrons. The van der Waals surface area contributed by atoms with E-state index in [2.05, 4.69) is 10.1 Å². The fraction of sp³-hybridized carbons (Fsp3) is 0.154. The lowest BCUT2D eigenvalue weighted by atomic mass is 10.1. The first-order valence-electron chi connectivity index (χ1n) is 6.21. The molecule has 0 aliphatic carbocycles. The second-order valence-corrected chi connectivity index (χ2v) is 5.61. The molecule has 1 aromatic carbocycles. The van der Waals surface area contributed by atoms with Gasteiger partial charge in [-0.15, -0.1) is 0 Å². The van der Waals surface area contributed by atoms with Crippen LogP contribution in [-0.4, -0.2) is 14.6 Å². The quantitative estimate of drug-likeness (QED) is 0.616. The Morgan fingerprint density at radius 2 is 1.71 bits per heavy atom. The fourth-order valence-corrected chi connectivity index (χ4v) is 2.80. The van der Waals surface area contributed by atoms with Crippen molar-refractivity contribution in [2.75, 3.05) is 0 Å². The van der Waals surface area contributed by atoms with E-state index >= 15 is 0 Å². The molecule has 3 aromatic rings. The fourth-order valence-electron chi connectivity index (χ4n) is 1.90. The number of alkyl halides is 6. The van der Waals surface area contributed by atoms with E-state index in [-0.39, 0.29) is 21.6 Å². The molecule has 0 saturated carbocycles. The Bertz CT molecular complexity index is 972. The molecular weight excluding hydrogens is 360 g/mol. The van der Waals surface area contributed by atoms with Gasteiger partial charge in [0.25, 0.3) is 5.56 Å². The van der Waals surface area contributed by atoms with Gasteiger partial charge in [-0.1, -0.05) is 23.5 Å². The predicted octanol–water partition coefficient (Wildman–Crippen LogP) is 3.86. The minimum Gasteiger partial charge on any atom is -0.267 e. The Labute approximate surface area is 133 Å². The molecule has 0 atom stereocenters. The summed E-state index contributed by atoms with van der Waals surface area (Å²) in [5.41, 5.74) is -3.36. The van der Waals surface area contributed by atoms with Crippen molar-refractivity contribution in [2.24, 2.45) is 0 Å². The van der Waals surface area contributed by atoms with E-state index in [1.54, 1.807) is 0 Å². The molecule has 0 bridgehead atoms. The van der Waals surface area contributed by atoms with Gasteiger partial charge in [-0.25, -0.2) is 4.98 Å². The third-order valence-corrected chi connectivity index (χ3v) is 3.93. The number of aromatic nitrogens is 3. The number of hydrogen-bond donors (Lipinski definition) is 0. The van der Waals surface area contributed by atoms with Crippen LogP contribution >= 0.6 is 11.3 Å². The predicted molar refractivity (Wildman–Crippen MR) is 72.6 cm³/mol. The van der Waals surface area contributed by atoms with Crippen molar-refractivity contribution in [3.8, 4) is 10.6 Å². The van der Waals surface area contributed by atoms with E-state index in [4.69, 9.17) is 0 Å². The number of rotatable bonds is 1. The van der Waals surface area contributed by atoms with Crippen molar-refractivity contribution in [1.29, 1.82) is 0 Å². The minimum atomic E-state index is -4.81. The third-order valence-electron chi connectivity index (χ3n) is 2.97. The Hall–Kier alpha value is -2.43. The summed E-state index contributed by atoms with van der Waals surface area (Å²) in [6.45, 7) is 0. The molecule has 4 nitrogen and oxygen atoms in total. The summed E-state index contributed by atoms with van der Waals surface area (Å²) in [4.78, 5) is 14.6. The summed E-state index contributed by atoms with van der Waals surface area (Å²) < 4.78 is 76.8. The van der Waals surface area contributed by atoms with Crippen LogP contribution in [0.25, 0.3) is 15.5 Å². The molecule has 0 aliphatic rings. The number of halogens is 6. The Morgan fingerprint density at radius 1 is 1.00 bits per heavy atom. The average Bonchev–Trinajstić information content (AvgIpc) is 2.90. The molecular formula is C13H5F6N3OS. The molecule has 11 heteroatoms. The molecule has 2 heterocycles. The molecule has 0 unspecified atom stereocenters. The maximum atomic E-state index is 12.7. The van der Waals surface area contributed by atoms with Crippen LogP contribution in [0.1, 0.15) is 11.3 Å². The van der Waals surface area contributed by atoms with Crippen LogP contribution in [0.2, 0.25) is 0 Å². The summed E-state index contributed by atoms with van der Waals surface area (Å²) in [5.74, 6) is 0. The van der Waals surface area contributed by atoms with Crippen LogP contribution in [0.15, 0.2) is 35.1 Å². The lowest BCUT2D eigenvalue weighted by molar-refractivity contribution is -0.141. The zero-order valence-electron chi connectivity index (χ0n) is 11.3. The first kappa shape index (κ1) is 16.4. The largest absolute Gasteiger partial charge is 0.433 e. The lowest BCUT2D eigenvalue weighted by Crippen LogP contribution is -2.19. The highest BCUT2D eigenvalue weighted by molar-refractivity contribution is 7.19. The normalized spacial score (nSPS) is 12.8. The minimum absolute atomic E-state index is 0.0216. The molecule has 3 rings (SSSR count). The van der Waals surface area contributed by atoms with Gasteiger partial charge in [0.05, 0.1) is 5.56 Å². The van der Waals surface area contributed by atoms with Gasteiger partial charge in [0, 0.05) is 11.6 Å². The Morgan fingerprint density at radius 3 is 2.33 bits per heavy atom. The van der Waals surface area contributed by atoms with Crippen molar-refractivity contribution in [2.45, 2.75) is 12.4 Å². The van der Waals surface area contributed by atoms with Gasteiger partial charge in [-0.2, -0.15) is 36.0 Å². The van der Waals surface area contributed by atoms with Gasteiger partial charge in [0.1, 0.15) is 5.01 Å². The van der Waals surface area contributed by atoms with Gasteiger partial charge in [0.2, 0.25) is 4.96 Å². The molecule has 0 spiro atoms. The first-order valence-corrected chi connectivity index (χ1v) is 7.03. The monoisotopic (exact) mass is 365 g/mol. The van der Waals surface area contributed by atoms with Crippen molar-refractivity contribution in [3.05, 3.63) is 51.9 Å². The van der Waals surface area contributed by atoms with Crippen LogP contribution in [0.4, 0.5) is 26.3 Å². The van der Waals surface area contributed by atoms with Crippen LogP contribution in [0.3, 0.4) is 0 Å². The first-order chi connectivity index (χ1) is 11.1. The van der Waals surface area contributed by atoms with Gasteiger partial charge in [-0.05, 0) is 12.1 Å². The lowest BCUT2D eigenvalue weighted by Gasteiger charge is -2.06. The zero-order chi connectivity index (χ0) is 17.7. The van der Waals surface area contributed by atoms with E-state index in [9.17, 15) is 31.1 Å². The molecule has 0 fully saturated rings. The van der Waals surface area contributed by atoms with Gasteiger partial charge >= 0.3 is 12.4 Å². The molecule has 126 valence electrons. The highest BCUT2D eigenvalue weighted by Gasteiger charge is 2.34. The highest BCUT2D eigenvalue weighted by atomic mass is 32.1. The van der Waals surface area contributed by atoms with E-state index in [1.165, 1.54) is 6.07 Å². The maximum absolute atomic E-state index is 12.7. The summed E-state index contributed by atoms with van der Waals surface area (Å²) >= 11 is 0.588. The van der Waals surface area contributed by atoms with Crippen molar-refractivity contribution in [1.82, 2.24) is 14.6 Å². The van der Waals surface area contributed by atoms with Crippen LogP contribution in [0, 0.1) is 0 Å². The van der Waals surface area contributed by atoms with Crippen molar-refractivity contribution in [3.63, 3.8) is 0 Å². The van der Waals surface area contributed by atoms with Gasteiger partial charge < -0.3 is 0 Å². The van der Waals surface area contributed by atoms with Gasteiger partial charge in [0.15, 0.2) is 5.69 Å². The summed E-state index contributed by atoms with van der Waals surface area (Å²) in [6, 6.07) is 4.38. The molecule has 0 amide bonds. The summed E-state index contributed by atoms with van der Waals surface area (Å²) in [7, 11) is 0. The van der Waals surface area contributed by atoms with Gasteiger partial charge in [-0.3, -0.25) is 4.79 Å². The van der Waals surface area contributed by atoms with E-state index in [1.807, 2.05) is 0 Å². The number of nitrogens with zero attached hydrogens (tertiary/aromatic N) is 3. The highest BCUT2D eigenvalue weighted by Crippen LogP contribution is 2.33. The third kappa shape index (κ3) is 2.98. The second kappa shape index (κ2) is 5.30. The Kier molecular flexibility index (Phi) is 3.62. The molecule has 24 heavy (non-hydrogen) atoms. The standard InChI is InChI=1S/C13H5F6N3OS/c14-12(15,16)7-3-1-2-6(4-7)10-21-22-9(23)5-8(13(17,18)19)20-11(22)24-10/h1-5H. The number of benzene rings is 1. The second-order valence-electron chi connectivity index (χ2n) is 4.66. The molecule has 0 aliphatic heterocycles. The Balaban J connectivity index is 2.16. The average molecular weight is 365 g/mol. The zero-order valence-corrected chi connectivity index (χ0v) is 12.1. The van der Waals surface area contributed by atoms with Crippen LogP contribution in [0.5, 0.6) is 0 Å². The SMILES string of the molecule is O=c1cc(C(F)(F)F)nc2sc(-c3cccc(C(F)(F)F)c3)nn12. The van der Waals surface area contributed by atoms with E-state index in [0.29, 0.717) is 15.9 Å². The van der Waals surface area contributed by atoms with Crippen LogP contribution < -0.4 is 5.56 Å². The van der Waals surface area contributed by atoms with E-state index < -0.39 is 29.2 Å². The number of hydrogen-bond acceptors (Lipinski definition) is 4. The number of fused-ring (bicyclic) bond motifs is 1. The van der Waals surface area contributed by atoms with Crippen LogP contribution in [-0.2, 0) is 12.4 Å². The summed E-state index contributed by atoms with van der Waals surface area (Å²) in [5, 5.41) is 3.70. The molecule has 0 N–H and O–H groups in total. The topological polar surface area (TPSA) is 47.3 Å². The summed E-state index contributed by atoms with van der Waals surface area (Å²) in [6.07, 6.45) is -9.39. The molecule has 2 aromatic heterocycles. The van der Waals surface area contributed by atoms with Crippen molar-refractivity contribution >= 4 is 16.3 Å². The maximum Gasteiger partial charge on any atom is 0.433 e. The smallest absolute Gasteiger partial charge is 0.267 e. The van der Waals surface area contributed by atoms with E-state index in [0.717, 1.165) is 18.2 Å². The molecule has 0 saturated heterocycles. The van der Waals surface area contributed by atoms with Crippen molar-refractivity contribution < 1.29 is 26.3 Å².